The number of rotatable bonds is 8. The third-order valence-corrected chi connectivity index (χ3v) is 4.50. The van der Waals surface area contributed by atoms with Gasteiger partial charge < -0.3 is 24.5 Å². The average molecular weight is 536 g/mol. The van der Waals surface area contributed by atoms with Crippen molar-refractivity contribution < 1.29 is 13.9 Å². The van der Waals surface area contributed by atoms with Gasteiger partial charge in [-0.25, -0.2) is 9.98 Å². The van der Waals surface area contributed by atoms with Crippen molar-refractivity contribution in [2.24, 2.45) is 4.99 Å². The van der Waals surface area contributed by atoms with Gasteiger partial charge in [-0.3, -0.25) is 0 Å². The lowest BCUT2D eigenvalue weighted by molar-refractivity contribution is 0.354. The number of guanidine groups is 1. The molecule has 0 amide bonds. The van der Waals surface area contributed by atoms with Gasteiger partial charge in [0.05, 0.1) is 33.0 Å². The molecule has 0 aliphatic heterocycles. The van der Waals surface area contributed by atoms with Crippen LogP contribution in [0, 0.1) is 6.92 Å². The lowest BCUT2D eigenvalue weighted by Crippen LogP contribution is -2.36. The first kappa shape index (κ1) is 24.5. The molecule has 0 atom stereocenters. The second kappa shape index (κ2) is 12.2. The van der Waals surface area contributed by atoms with Gasteiger partial charge in [-0.15, -0.1) is 24.0 Å². The molecule has 2 aromatic carbocycles. The van der Waals surface area contributed by atoms with Crippen LogP contribution in [-0.4, -0.2) is 31.7 Å². The molecule has 7 nitrogen and oxygen atoms in total. The highest BCUT2D eigenvalue weighted by Gasteiger charge is 2.08. The third kappa shape index (κ3) is 6.88. The van der Waals surface area contributed by atoms with Gasteiger partial charge in [0.1, 0.15) is 6.26 Å². The zero-order valence-electron chi connectivity index (χ0n) is 18.3. The molecule has 3 rings (SSSR count). The standard InChI is InChI=1S/C23H28N4O3.HI/c1-5-24-23(25-13-17-8-11-20(28-3)21(12-17)29-4)26-14-19-15-30-22(27-19)18-9-6-16(2)7-10-18;/h6-12,15H,5,13-14H2,1-4H3,(H2,24,25,26);1H. The van der Waals surface area contributed by atoms with Crippen molar-refractivity contribution in [2.45, 2.75) is 26.9 Å². The largest absolute Gasteiger partial charge is 0.493 e. The average Bonchev–Trinajstić information content (AvgIpc) is 3.25. The minimum absolute atomic E-state index is 0. The SMILES string of the molecule is CCNC(=NCc1ccc(OC)c(OC)c1)NCc1coc(-c2ccc(C)cc2)n1.I. The molecule has 0 aliphatic rings. The van der Waals surface area contributed by atoms with Gasteiger partial charge in [0.15, 0.2) is 17.5 Å². The quantitative estimate of drug-likeness (QED) is 0.250. The molecule has 31 heavy (non-hydrogen) atoms. The third-order valence-electron chi connectivity index (χ3n) is 4.50. The van der Waals surface area contributed by atoms with E-state index in [0.29, 0.717) is 36.4 Å². The van der Waals surface area contributed by atoms with Crippen molar-refractivity contribution in [3.8, 4) is 23.0 Å². The van der Waals surface area contributed by atoms with Crippen LogP contribution in [0.4, 0.5) is 0 Å². The van der Waals surface area contributed by atoms with E-state index >= 15 is 0 Å². The maximum absolute atomic E-state index is 5.62. The molecule has 0 fully saturated rings. The van der Waals surface area contributed by atoms with Crippen LogP contribution in [0.5, 0.6) is 11.5 Å². The van der Waals surface area contributed by atoms with Gasteiger partial charge >= 0.3 is 0 Å². The lowest BCUT2D eigenvalue weighted by atomic mass is 10.1. The molecule has 0 bridgehead atoms. The van der Waals surface area contributed by atoms with Crippen LogP contribution in [0.3, 0.4) is 0 Å². The summed E-state index contributed by atoms with van der Waals surface area (Å²) in [6.45, 7) is 5.85. The first-order valence-electron chi connectivity index (χ1n) is 9.87. The smallest absolute Gasteiger partial charge is 0.226 e. The maximum Gasteiger partial charge on any atom is 0.226 e. The van der Waals surface area contributed by atoms with Gasteiger partial charge in [0, 0.05) is 12.1 Å². The molecular weight excluding hydrogens is 507 g/mol. The van der Waals surface area contributed by atoms with Crippen molar-refractivity contribution in [1.82, 2.24) is 15.6 Å². The summed E-state index contributed by atoms with van der Waals surface area (Å²) in [4.78, 5) is 9.20. The van der Waals surface area contributed by atoms with Crippen LogP contribution in [-0.2, 0) is 13.1 Å². The molecular formula is C23H29IN4O3. The van der Waals surface area contributed by atoms with E-state index in [9.17, 15) is 0 Å². The van der Waals surface area contributed by atoms with Crippen LogP contribution >= 0.6 is 24.0 Å². The van der Waals surface area contributed by atoms with Gasteiger partial charge in [0.25, 0.3) is 0 Å². The first-order chi connectivity index (χ1) is 14.6. The highest BCUT2D eigenvalue weighted by molar-refractivity contribution is 14.0. The van der Waals surface area contributed by atoms with Crippen LogP contribution in [0.1, 0.15) is 23.7 Å². The van der Waals surface area contributed by atoms with Crippen molar-refractivity contribution in [3.05, 3.63) is 65.5 Å². The molecule has 0 saturated carbocycles. The predicted molar refractivity (Wildman–Crippen MR) is 133 cm³/mol. The van der Waals surface area contributed by atoms with E-state index in [-0.39, 0.29) is 24.0 Å². The topological polar surface area (TPSA) is 80.9 Å². The Bertz CT molecular complexity index is 987. The number of nitrogens with one attached hydrogen (secondary N) is 2. The Morgan fingerprint density at radius 2 is 1.77 bits per heavy atom. The maximum atomic E-state index is 5.62. The van der Waals surface area contributed by atoms with Crippen molar-refractivity contribution in [1.29, 1.82) is 0 Å². The molecule has 1 heterocycles. The van der Waals surface area contributed by atoms with E-state index < -0.39 is 0 Å². The molecule has 0 aliphatic carbocycles. The number of halogens is 1. The fraction of sp³-hybridized carbons (Fsp3) is 0.304. The lowest BCUT2D eigenvalue weighted by Gasteiger charge is -2.11. The van der Waals surface area contributed by atoms with Crippen LogP contribution < -0.4 is 20.1 Å². The second-order valence-corrected chi connectivity index (χ2v) is 6.75. The zero-order chi connectivity index (χ0) is 21.3. The van der Waals surface area contributed by atoms with E-state index in [1.54, 1.807) is 20.5 Å². The first-order valence-corrected chi connectivity index (χ1v) is 9.87. The number of oxazole rings is 1. The Morgan fingerprint density at radius 3 is 2.45 bits per heavy atom. The summed E-state index contributed by atoms with van der Waals surface area (Å²) in [5.41, 5.74) is 3.99. The molecule has 166 valence electrons. The number of nitrogens with zero attached hydrogens (tertiary/aromatic N) is 2. The van der Waals surface area contributed by atoms with E-state index in [2.05, 4.69) is 27.5 Å². The van der Waals surface area contributed by atoms with E-state index in [4.69, 9.17) is 13.9 Å². The summed E-state index contributed by atoms with van der Waals surface area (Å²) in [6, 6.07) is 13.9. The van der Waals surface area contributed by atoms with E-state index in [1.165, 1.54) is 5.56 Å². The number of ether oxygens (including phenoxy) is 2. The van der Waals surface area contributed by atoms with Gasteiger partial charge in [-0.1, -0.05) is 23.8 Å². The number of hydrogen-bond acceptors (Lipinski definition) is 5. The van der Waals surface area contributed by atoms with Crippen LogP contribution in [0.25, 0.3) is 11.5 Å². The highest BCUT2D eigenvalue weighted by Crippen LogP contribution is 2.27. The van der Waals surface area contributed by atoms with E-state index in [1.807, 2.05) is 49.4 Å². The summed E-state index contributed by atoms with van der Waals surface area (Å²) in [5.74, 6) is 2.70. The fourth-order valence-electron chi connectivity index (χ4n) is 2.88. The van der Waals surface area contributed by atoms with Crippen LogP contribution in [0.15, 0.2) is 58.1 Å². The van der Waals surface area contributed by atoms with Gasteiger partial charge in [0.2, 0.25) is 5.89 Å². The normalized spacial score (nSPS) is 10.9. The number of hydrogen-bond donors (Lipinski definition) is 2. The molecule has 0 spiro atoms. The van der Waals surface area contributed by atoms with Crippen molar-refractivity contribution >= 4 is 29.9 Å². The second-order valence-electron chi connectivity index (χ2n) is 6.75. The Balaban J connectivity index is 0.00000341. The summed E-state index contributed by atoms with van der Waals surface area (Å²) >= 11 is 0. The molecule has 8 heteroatoms. The number of aliphatic imine (C=N–C) groups is 1. The molecule has 0 radical (unpaired) electrons. The zero-order valence-corrected chi connectivity index (χ0v) is 20.6. The Morgan fingerprint density at radius 1 is 1.03 bits per heavy atom. The highest BCUT2D eigenvalue weighted by atomic mass is 127. The summed E-state index contributed by atoms with van der Waals surface area (Å²) in [7, 11) is 3.25. The predicted octanol–water partition coefficient (Wildman–Crippen LogP) is 4.54. The Kier molecular flexibility index (Phi) is 9.64. The molecule has 3 aromatic rings. The number of aryl methyl sites for hydroxylation is 1. The van der Waals surface area contributed by atoms with Gasteiger partial charge in [-0.2, -0.15) is 0 Å². The monoisotopic (exact) mass is 536 g/mol. The molecule has 0 unspecified atom stereocenters. The molecule has 1 aromatic heterocycles. The summed E-state index contributed by atoms with van der Waals surface area (Å²) < 4.78 is 16.3. The number of benzene rings is 2. The van der Waals surface area contributed by atoms with Crippen LogP contribution in [0.2, 0.25) is 0 Å². The minimum Gasteiger partial charge on any atom is -0.493 e. The minimum atomic E-state index is 0. The Labute approximate surface area is 200 Å². The number of aromatic nitrogens is 1. The Hall–Kier alpha value is -2.75. The molecule has 0 saturated heterocycles. The van der Waals surface area contributed by atoms with Crippen molar-refractivity contribution in [3.63, 3.8) is 0 Å². The van der Waals surface area contributed by atoms with E-state index in [0.717, 1.165) is 23.4 Å². The molecule has 2 N–H and O–H groups in total. The fourth-order valence-corrected chi connectivity index (χ4v) is 2.88. The summed E-state index contributed by atoms with van der Waals surface area (Å²) in [5, 5.41) is 6.54. The number of methoxy groups -OCH3 is 2. The van der Waals surface area contributed by atoms with Crippen molar-refractivity contribution in [2.75, 3.05) is 20.8 Å². The summed E-state index contributed by atoms with van der Waals surface area (Å²) in [6.07, 6.45) is 1.67. The van der Waals surface area contributed by atoms with Gasteiger partial charge in [-0.05, 0) is 43.7 Å².